The third-order valence-corrected chi connectivity index (χ3v) is 2.78. The van der Waals surface area contributed by atoms with Crippen LogP contribution in [-0.2, 0) is 0 Å². The van der Waals surface area contributed by atoms with E-state index in [0.29, 0.717) is 5.56 Å². The zero-order valence-corrected chi connectivity index (χ0v) is 9.08. The molecule has 0 radical (unpaired) electrons. The van der Waals surface area contributed by atoms with Gasteiger partial charge in [0.15, 0.2) is 6.29 Å². The Morgan fingerprint density at radius 3 is 2.76 bits per heavy atom. The first-order valence-corrected chi connectivity index (χ1v) is 5.37. The van der Waals surface area contributed by atoms with Crippen LogP contribution in [0.4, 0.5) is 0 Å². The Kier molecular flexibility index (Phi) is 2.22. The van der Waals surface area contributed by atoms with Crippen LogP contribution in [0.25, 0.3) is 16.9 Å². The molecule has 0 aliphatic rings. The number of hydrogen-bond acceptors (Lipinski definition) is 2. The highest BCUT2D eigenvalue weighted by atomic mass is 16.1. The highest BCUT2D eigenvalue weighted by molar-refractivity contribution is 5.87. The van der Waals surface area contributed by atoms with Gasteiger partial charge in [0.1, 0.15) is 5.65 Å². The molecule has 1 aromatic carbocycles. The number of imidazole rings is 1. The molecule has 0 spiro atoms. The molecule has 0 saturated heterocycles. The summed E-state index contributed by atoms with van der Waals surface area (Å²) in [5.41, 5.74) is 3.39. The summed E-state index contributed by atoms with van der Waals surface area (Å²) in [5.74, 6) is 0. The van der Waals surface area contributed by atoms with Crippen LogP contribution in [0.2, 0.25) is 0 Å². The molecule has 3 rings (SSSR count). The standard InChI is InChI=1S/C14H10N2O/c17-10-11-5-1-2-6-12(11)13-9-15-14-7-3-4-8-16(13)14/h1-10H. The molecule has 3 aromatic rings. The van der Waals surface area contributed by atoms with Crippen LogP contribution in [-0.4, -0.2) is 15.7 Å². The van der Waals surface area contributed by atoms with E-state index in [-0.39, 0.29) is 0 Å². The quantitative estimate of drug-likeness (QED) is 0.625. The summed E-state index contributed by atoms with van der Waals surface area (Å²) in [6.45, 7) is 0. The van der Waals surface area contributed by atoms with Crippen LogP contribution in [0.15, 0.2) is 54.9 Å². The van der Waals surface area contributed by atoms with E-state index in [2.05, 4.69) is 4.98 Å². The molecule has 82 valence electrons. The lowest BCUT2D eigenvalue weighted by Gasteiger charge is -2.04. The molecule has 0 fully saturated rings. The van der Waals surface area contributed by atoms with E-state index in [1.807, 2.05) is 53.1 Å². The summed E-state index contributed by atoms with van der Waals surface area (Å²) in [4.78, 5) is 15.3. The smallest absolute Gasteiger partial charge is 0.150 e. The highest BCUT2D eigenvalue weighted by Crippen LogP contribution is 2.23. The molecular weight excluding hydrogens is 212 g/mol. The predicted molar refractivity (Wildman–Crippen MR) is 66.0 cm³/mol. The Morgan fingerprint density at radius 1 is 1.06 bits per heavy atom. The second-order valence-corrected chi connectivity index (χ2v) is 3.78. The molecule has 2 heterocycles. The number of benzene rings is 1. The van der Waals surface area contributed by atoms with Crippen LogP contribution in [0.3, 0.4) is 0 Å². The van der Waals surface area contributed by atoms with Gasteiger partial charge in [0, 0.05) is 17.3 Å². The summed E-state index contributed by atoms with van der Waals surface area (Å²) < 4.78 is 1.97. The van der Waals surface area contributed by atoms with E-state index in [1.54, 1.807) is 6.20 Å². The van der Waals surface area contributed by atoms with Gasteiger partial charge in [-0.1, -0.05) is 30.3 Å². The summed E-state index contributed by atoms with van der Waals surface area (Å²) in [6, 6.07) is 13.3. The largest absolute Gasteiger partial charge is 0.300 e. The zero-order chi connectivity index (χ0) is 11.7. The van der Waals surface area contributed by atoms with Crippen molar-refractivity contribution in [2.24, 2.45) is 0 Å². The highest BCUT2D eigenvalue weighted by Gasteiger charge is 2.08. The topological polar surface area (TPSA) is 34.4 Å². The summed E-state index contributed by atoms with van der Waals surface area (Å²) in [5, 5.41) is 0. The van der Waals surface area contributed by atoms with Gasteiger partial charge >= 0.3 is 0 Å². The van der Waals surface area contributed by atoms with Gasteiger partial charge in [-0.25, -0.2) is 4.98 Å². The fourth-order valence-electron chi connectivity index (χ4n) is 1.96. The first-order valence-electron chi connectivity index (χ1n) is 5.37. The van der Waals surface area contributed by atoms with Gasteiger partial charge in [-0.2, -0.15) is 0 Å². The Bertz CT molecular complexity index is 685. The lowest BCUT2D eigenvalue weighted by molar-refractivity contribution is 0.112. The maximum Gasteiger partial charge on any atom is 0.150 e. The number of nitrogens with zero attached hydrogens (tertiary/aromatic N) is 2. The van der Waals surface area contributed by atoms with Crippen LogP contribution in [0.1, 0.15) is 10.4 Å². The first kappa shape index (κ1) is 9.78. The molecule has 0 saturated carbocycles. The number of rotatable bonds is 2. The minimum Gasteiger partial charge on any atom is -0.300 e. The molecule has 0 aliphatic heterocycles. The fourth-order valence-corrected chi connectivity index (χ4v) is 1.96. The minimum atomic E-state index is 0.679. The Balaban J connectivity index is 2.31. The molecule has 17 heavy (non-hydrogen) atoms. The van der Waals surface area contributed by atoms with Gasteiger partial charge in [0.25, 0.3) is 0 Å². The van der Waals surface area contributed by atoms with Gasteiger partial charge in [0.2, 0.25) is 0 Å². The maximum absolute atomic E-state index is 11.0. The molecule has 0 unspecified atom stereocenters. The molecule has 3 nitrogen and oxygen atoms in total. The SMILES string of the molecule is O=Cc1ccccc1-c1cnc2ccccn12. The second kappa shape index (κ2) is 3.87. The van der Waals surface area contributed by atoms with Crippen molar-refractivity contribution in [3.63, 3.8) is 0 Å². The maximum atomic E-state index is 11.0. The minimum absolute atomic E-state index is 0.679. The van der Waals surface area contributed by atoms with Crippen LogP contribution in [0, 0.1) is 0 Å². The van der Waals surface area contributed by atoms with Crippen molar-refractivity contribution in [3.05, 3.63) is 60.4 Å². The van der Waals surface area contributed by atoms with E-state index >= 15 is 0 Å². The van der Waals surface area contributed by atoms with Crippen LogP contribution < -0.4 is 0 Å². The monoisotopic (exact) mass is 222 g/mol. The van der Waals surface area contributed by atoms with Gasteiger partial charge < -0.3 is 0 Å². The molecule has 2 aromatic heterocycles. The number of fused-ring (bicyclic) bond motifs is 1. The van der Waals surface area contributed by atoms with Crippen molar-refractivity contribution in [2.45, 2.75) is 0 Å². The summed E-state index contributed by atoms with van der Waals surface area (Å²) in [7, 11) is 0. The van der Waals surface area contributed by atoms with Crippen molar-refractivity contribution in [1.82, 2.24) is 9.38 Å². The lowest BCUT2D eigenvalue weighted by Crippen LogP contribution is -1.91. The predicted octanol–water partition coefficient (Wildman–Crippen LogP) is 2.81. The summed E-state index contributed by atoms with van der Waals surface area (Å²) >= 11 is 0. The van der Waals surface area contributed by atoms with Gasteiger partial charge in [0.05, 0.1) is 11.9 Å². The molecule has 0 atom stereocenters. The van der Waals surface area contributed by atoms with Crippen LogP contribution >= 0.6 is 0 Å². The van der Waals surface area contributed by atoms with E-state index in [1.165, 1.54) is 0 Å². The van der Waals surface area contributed by atoms with E-state index in [9.17, 15) is 4.79 Å². The molecule has 0 amide bonds. The Hall–Kier alpha value is -2.42. The Labute approximate surface area is 98.4 Å². The number of aromatic nitrogens is 2. The molecular formula is C14H10N2O. The Morgan fingerprint density at radius 2 is 1.88 bits per heavy atom. The average molecular weight is 222 g/mol. The van der Waals surface area contributed by atoms with Crippen molar-refractivity contribution in [1.29, 1.82) is 0 Å². The van der Waals surface area contributed by atoms with Gasteiger partial charge in [-0.3, -0.25) is 9.20 Å². The van der Waals surface area contributed by atoms with Crippen molar-refractivity contribution in [2.75, 3.05) is 0 Å². The van der Waals surface area contributed by atoms with E-state index in [4.69, 9.17) is 0 Å². The van der Waals surface area contributed by atoms with Crippen molar-refractivity contribution < 1.29 is 4.79 Å². The zero-order valence-electron chi connectivity index (χ0n) is 9.08. The number of pyridine rings is 1. The second-order valence-electron chi connectivity index (χ2n) is 3.78. The third-order valence-electron chi connectivity index (χ3n) is 2.78. The number of carbonyl (C=O) groups is 1. The van der Waals surface area contributed by atoms with E-state index < -0.39 is 0 Å². The van der Waals surface area contributed by atoms with Crippen molar-refractivity contribution in [3.8, 4) is 11.3 Å². The van der Waals surface area contributed by atoms with Crippen molar-refractivity contribution >= 4 is 11.9 Å². The number of aldehydes is 1. The van der Waals surface area contributed by atoms with E-state index in [0.717, 1.165) is 23.2 Å². The summed E-state index contributed by atoms with van der Waals surface area (Å²) in [6.07, 6.45) is 4.61. The van der Waals surface area contributed by atoms with Gasteiger partial charge in [-0.05, 0) is 12.1 Å². The third kappa shape index (κ3) is 1.52. The molecule has 3 heteroatoms. The number of hydrogen-bond donors (Lipinski definition) is 0. The molecule has 0 bridgehead atoms. The normalized spacial score (nSPS) is 10.6. The molecule has 0 N–H and O–H groups in total. The number of carbonyl (C=O) groups excluding carboxylic acids is 1. The first-order chi connectivity index (χ1) is 8.40. The average Bonchev–Trinajstić information content (AvgIpc) is 2.82. The van der Waals surface area contributed by atoms with Crippen LogP contribution in [0.5, 0.6) is 0 Å². The fraction of sp³-hybridized carbons (Fsp3) is 0. The lowest BCUT2D eigenvalue weighted by atomic mass is 10.1. The molecule has 0 aliphatic carbocycles. The van der Waals surface area contributed by atoms with Gasteiger partial charge in [-0.15, -0.1) is 0 Å².